The first-order chi connectivity index (χ1) is 13.1. The zero-order chi connectivity index (χ0) is 19.2. The number of carbonyl (C=O) groups is 1. The maximum Gasteiger partial charge on any atom is 0.258 e. The van der Waals surface area contributed by atoms with Gasteiger partial charge in [0.25, 0.3) is 5.88 Å². The Labute approximate surface area is 159 Å². The van der Waals surface area contributed by atoms with E-state index in [9.17, 15) is 4.79 Å². The highest BCUT2D eigenvalue weighted by atomic mass is 16.5. The van der Waals surface area contributed by atoms with Crippen LogP contribution in [0.15, 0.2) is 36.4 Å². The van der Waals surface area contributed by atoms with Crippen molar-refractivity contribution in [2.45, 2.75) is 25.8 Å². The number of carbonyl (C=O) groups excluding carboxylic acids is 1. The van der Waals surface area contributed by atoms with Gasteiger partial charge in [0.15, 0.2) is 5.75 Å². The van der Waals surface area contributed by atoms with E-state index in [0.717, 1.165) is 37.4 Å². The molecular weight excluding hydrogens is 344 g/mol. The molecule has 0 spiro atoms. The Balaban J connectivity index is 2.01. The normalized spacial score (nSPS) is 14.6. The molecule has 1 aromatic carbocycles. The Morgan fingerprint density at radius 3 is 2.52 bits per heavy atom. The van der Waals surface area contributed by atoms with E-state index in [-0.39, 0.29) is 0 Å². The Morgan fingerprint density at radius 1 is 1.22 bits per heavy atom. The SMILES string of the molecule is CCOc1nc(N(c2ccc(C(N)=O)cc2)C2CCNCC2)ccc1OC. The minimum atomic E-state index is -0.434. The molecule has 7 heteroatoms. The van der Waals surface area contributed by atoms with Crippen molar-refractivity contribution in [3.05, 3.63) is 42.0 Å². The van der Waals surface area contributed by atoms with Crippen LogP contribution in [-0.2, 0) is 0 Å². The number of nitrogens with zero attached hydrogens (tertiary/aromatic N) is 2. The molecule has 0 unspecified atom stereocenters. The van der Waals surface area contributed by atoms with Crippen molar-refractivity contribution in [3.63, 3.8) is 0 Å². The number of amides is 1. The summed E-state index contributed by atoms with van der Waals surface area (Å²) in [6.45, 7) is 4.33. The van der Waals surface area contributed by atoms with Crippen molar-refractivity contribution in [1.82, 2.24) is 10.3 Å². The molecule has 0 atom stereocenters. The molecule has 1 aromatic heterocycles. The third-order valence-corrected chi connectivity index (χ3v) is 4.66. The van der Waals surface area contributed by atoms with Crippen LogP contribution in [0.1, 0.15) is 30.1 Å². The molecule has 3 N–H and O–H groups in total. The first-order valence-electron chi connectivity index (χ1n) is 9.21. The van der Waals surface area contributed by atoms with Crippen LogP contribution in [-0.4, -0.2) is 43.7 Å². The van der Waals surface area contributed by atoms with Crippen LogP contribution >= 0.6 is 0 Å². The lowest BCUT2D eigenvalue weighted by molar-refractivity contribution is 0.100. The third kappa shape index (κ3) is 4.31. The number of rotatable bonds is 7. The molecule has 1 aliphatic heterocycles. The van der Waals surface area contributed by atoms with Crippen molar-refractivity contribution in [3.8, 4) is 11.6 Å². The van der Waals surface area contributed by atoms with E-state index in [0.29, 0.717) is 29.8 Å². The first kappa shape index (κ1) is 19.0. The lowest BCUT2D eigenvalue weighted by Crippen LogP contribution is -2.41. The van der Waals surface area contributed by atoms with Crippen LogP contribution in [0.5, 0.6) is 11.6 Å². The minimum absolute atomic E-state index is 0.293. The summed E-state index contributed by atoms with van der Waals surface area (Å²) in [6.07, 6.45) is 1.99. The van der Waals surface area contributed by atoms with Gasteiger partial charge < -0.3 is 25.4 Å². The predicted molar refractivity (Wildman–Crippen MR) is 105 cm³/mol. The predicted octanol–water partition coefficient (Wildman–Crippen LogP) is 2.48. The second kappa shape index (κ2) is 8.73. The molecule has 1 aliphatic rings. The monoisotopic (exact) mass is 370 g/mol. The molecule has 2 aromatic rings. The topological polar surface area (TPSA) is 89.7 Å². The molecule has 1 amide bonds. The molecule has 7 nitrogen and oxygen atoms in total. The van der Waals surface area contributed by atoms with Crippen LogP contribution in [0.4, 0.5) is 11.5 Å². The van der Waals surface area contributed by atoms with Crippen LogP contribution < -0.4 is 25.4 Å². The number of pyridine rings is 1. The van der Waals surface area contributed by atoms with Crippen LogP contribution in [0.2, 0.25) is 0 Å². The van der Waals surface area contributed by atoms with E-state index in [1.807, 2.05) is 31.2 Å². The fourth-order valence-corrected chi connectivity index (χ4v) is 3.33. The quantitative estimate of drug-likeness (QED) is 0.778. The van der Waals surface area contributed by atoms with Crippen molar-refractivity contribution in [2.75, 3.05) is 31.7 Å². The van der Waals surface area contributed by atoms with Gasteiger partial charge in [-0.25, -0.2) is 0 Å². The van der Waals surface area contributed by atoms with Gasteiger partial charge in [-0.2, -0.15) is 4.98 Å². The molecule has 0 bridgehead atoms. The lowest BCUT2D eigenvalue weighted by Gasteiger charge is -2.36. The van der Waals surface area contributed by atoms with Crippen LogP contribution in [0.3, 0.4) is 0 Å². The Kier molecular flexibility index (Phi) is 6.13. The minimum Gasteiger partial charge on any atom is -0.491 e. The summed E-state index contributed by atoms with van der Waals surface area (Å²) in [5, 5.41) is 3.39. The van der Waals surface area contributed by atoms with E-state index in [2.05, 4.69) is 10.2 Å². The van der Waals surface area contributed by atoms with Gasteiger partial charge in [-0.05, 0) is 69.3 Å². The van der Waals surface area contributed by atoms with Gasteiger partial charge in [-0.15, -0.1) is 0 Å². The average molecular weight is 370 g/mol. The van der Waals surface area contributed by atoms with E-state index in [1.54, 1.807) is 19.2 Å². The first-order valence-corrected chi connectivity index (χ1v) is 9.21. The summed E-state index contributed by atoms with van der Waals surface area (Å²) in [5.74, 6) is 1.44. The number of aromatic nitrogens is 1. The average Bonchev–Trinajstić information content (AvgIpc) is 2.70. The van der Waals surface area contributed by atoms with Gasteiger partial charge in [0.2, 0.25) is 5.91 Å². The van der Waals surface area contributed by atoms with Gasteiger partial charge in [0.05, 0.1) is 13.7 Å². The highest BCUT2D eigenvalue weighted by molar-refractivity contribution is 5.93. The second-order valence-electron chi connectivity index (χ2n) is 6.37. The molecule has 144 valence electrons. The maximum absolute atomic E-state index is 11.4. The zero-order valence-corrected chi connectivity index (χ0v) is 15.8. The van der Waals surface area contributed by atoms with Crippen LogP contribution in [0, 0.1) is 0 Å². The smallest absolute Gasteiger partial charge is 0.258 e. The molecule has 0 radical (unpaired) electrons. The van der Waals surface area contributed by atoms with E-state index in [1.165, 1.54) is 0 Å². The number of hydrogen-bond donors (Lipinski definition) is 2. The second-order valence-corrected chi connectivity index (χ2v) is 6.37. The molecule has 0 aliphatic carbocycles. The number of primary amides is 1. The standard InChI is InChI=1S/C20H26N4O3/c1-3-27-20-17(26-2)8-9-18(23-20)24(16-10-12-22-13-11-16)15-6-4-14(5-7-15)19(21)25/h4-9,16,22H,3,10-13H2,1-2H3,(H2,21,25). The maximum atomic E-state index is 11.4. The largest absolute Gasteiger partial charge is 0.491 e. The van der Waals surface area contributed by atoms with Gasteiger partial charge in [0, 0.05) is 17.3 Å². The van der Waals surface area contributed by atoms with Gasteiger partial charge in [-0.3, -0.25) is 4.79 Å². The number of methoxy groups -OCH3 is 1. The van der Waals surface area contributed by atoms with Gasteiger partial charge >= 0.3 is 0 Å². The van der Waals surface area contributed by atoms with Gasteiger partial charge in [-0.1, -0.05) is 0 Å². The molecule has 3 rings (SSSR count). The number of hydrogen-bond acceptors (Lipinski definition) is 6. The lowest BCUT2D eigenvalue weighted by atomic mass is 10.0. The fourth-order valence-electron chi connectivity index (χ4n) is 3.33. The van der Waals surface area contributed by atoms with Crippen molar-refractivity contribution in [2.24, 2.45) is 5.73 Å². The Morgan fingerprint density at radius 2 is 1.93 bits per heavy atom. The molecule has 1 saturated heterocycles. The number of benzene rings is 1. The number of nitrogens with two attached hydrogens (primary N) is 1. The van der Waals surface area contributed by atoms with E-state index < -0.39 is 5.91 Å². The summed E-state index contributed by atoms with van der Waals surface area (Å²) in [4.78, 5) is 18.3. The number of nitrogens with one attached hydrogen (secondary N) is 1. The summed E-state index contributed by atoms with van der Waals surface area (Å²) >= 11 is 0. The summed E-state index contributed by atoms with van der Waals surface area (Å²) in [6, 6.07) is 11.4. The van der Waals surface area contributed by atoms with E-state index >= 15 is 0 Å². The summed E-state index contributed by atoms with van der Waals surface area (Å²) < 4.78 is 11.0. The number of piperidine rings is 1. The molecular formula is C20H26N4O3. The molecule has 2 heterocycles. The molecule has 1 fully saturated rings. The van der Waals surface area contributed by atoms with Crippen LogP contribution in [0.25, 0.3) is 0 Å². The van der Waals surface area contributed by atoms with Crippen molar-refractivity contribution >= 4 is 17.4 Å². The number of anilines is 2. The fraction of sp³-hybridized carbons (Fsp3) is 0.400. The summed E-state index contributed by atoms with van der Waals surface area (Å²) in [7, 11) is 1.60. The highest BCUT2D eigenvalue weighted by Crippen LogP contribution is 2.34. The van der Waals surface area contributed by atoms with Crippen molar-refractivity contribution < 1.29 is 14.3 Å². The number of ether oxygens (including phenoxy) is 2. The van der Waals surface area contributed by atoms with Crippen molar-refractivity contribution in [1.29, 1.82) is 0 Å². The Bertz CT molecular complexity index is 773. The van der Waals surface area contributed by atoms with Gasteiger partial charge in [0.1, 0.15) is 5.82 Å². The third-order valence-electron chi connectivity index (χ3n) is 4.66. The van der Waals surface area contributed by atoms with E-state index in [4.69, 9.17) is 20.2 Å². The Hall–Kier alpha value is -2.80. The summed E-state index contributed by atoms with van der Waals surface area (Å²) in [5.41, 5.74) is 6.83. The highest BCUT2D eigenvalue weighted by Gasteiger charge is 2.25. The molecule has 27 heavy (non-hydrogen) atoms. The zero-order valence-electron chi connectivity index (χ0n) is 15.8. The molecule has 0 saturated carbocycles.